The molecule has 6 nitrogen and oxygen atoms in total. The Morgan fingerprint density at radius 3 is 2.86 bits per heavy atom. The Balaban J connectivity index is 1.30. The van der Waals surface area contributed by atoms with Gasteiger partial charge in [-0.15, -0.1) is 0 Å². The predicted octanol–water partition coefficient (Wildman–Crippen LogP) is 3.94. The van der Waals surface area contributed by atoms with Gasteiger partial charge in [-0.25, -0.2) is 9.78 Å². The van der Waals surface area contributed by atoms with Gasteiger partial charge in [-0.1, -0.05) is 18.3 Å². The van der Waals surface area contributed by atoms with Gasteiger partial charge in [0, 0.05) is 25.7 Å². The molecule has 0 radical (unpaired) electrons. The molecular weight excluding hydrogens is 372 g/mol. The quantitative estimate of drug-likeness (QED) is 0.822. The topological polar surface area (TPSA) is 74.3 Å². The molecule has 5 unspecified atom stereocenters. The van der Waals surface area contributed by atoms with E-state index < -0.39 is 0 Å². The molecule has 3 aliphatic rings. The largest absolute Gasteiger partial charge is 0.345 e. The lowest BCUT2D eigenvalue weighted by Gasteiger charge is -2.38. The Morgan fingerprint density at radius 1 is 1.25 bits per heavy atom. The van der Waals surface area contributed by atoms with Gasteiger partial charge in [0.15, 0.2) is 5.13 Å². The second-order valence-corrected chi connectivity index (χ2v) is 10.2. The standard InChI is InChI=1S/C21H26N4O2S/c1-11-6-12-7-14-10-21(14,9-12)17(11)23-19(27)24-20-22-15-5-4-13(8-16(15)28-20)18(26)25(2)3/h4-5,8,11-12,14,17H,6-7,9-10H2,1-3H3,(H2,22,23,24,27). The number of rotatable bonds is 3. The minimum Gasteiger partial charge on any atom is -0.345 e. The highest BCUT2D eigenvalue weighted by Crippen LogP contribution is 2.71. The Bertz CT molecular complexity index is 970. The van der Waals surface area contributed by atoms with Crippen molar-refractivity contribution in [2.45, 2.75) is 38.6 Å². The Labute approximate surface area is 168 Å². The van der Waals surface area contributed by atoms with Crippen LogP contribution < -0.4 is 10.6 Å². The Hall–Kier alpha value is -2.15. The zero-order chi connectivity index (χ0) is 19.6. The van der Waals surface area contributed by atoms with Crippen LogP contribution in [-0.4, -0.2) is 42.0 Å². The minimum absolute atomic E-state index is 0.0399. The Kier molecular flexibility index (Phi) is 3.95. The van der Waals surface area contributed by atoms with Crippen molar-refractivity contribution < 1.29 is 9.59 Å². The number of benzene rings is 1. The molecule has 0 aliphatic heterocycles. The van der Waals surface area contributed by atoms with E-state index in [1.165, 1.54) is 37.0 Å². The molecule has 5 atom stereocenters. The van der Waals surface area contributed by atoms with Gasteiger partial charge < -0.3 is 10.2 Å². The van der Waals surface area contributed by atoms with E-state index in [1.54, 1.807) is 25.1 Å². The van der Waals surface area contributed by atoms with Gasteiger partial charge in [0.1, 0.15) is 0 Å². The van der Waals surface area contributed by atoms with Crippen LogP contribution in [0.5, 0.6) is 0 Å². The lowest BCUT2D eigenvalue weighted by atomic mass is 9.73. The van der Waals surface area contributed by atoms with Crippen LogP contribution in [-0.2, 0) is 0 Å². The van der Waals surface area contributed by atoms with Crippen molar-refractivity contribution in [3.8, 4) is 0 Å². The number of carbonyl (C=O) groups excluding carboxylic acids is 2. The Morgan fingerprint density at radius 2 is 2.07 bits per heavy atom. The molecule has 7 heteroatoms. The molecule has 1 aromatic carbocycles. The van der Waals surface area contributed by atoms with Crippen molar-refractivity contribution in [1.82, 2.24) is 15.2 Å². The second-order valence-electron chi connectivity index (χ2n) is 9.13. The number of urea groups is 1. The number of hydrogen-bond donors (Lipinski definition) is 2. The molecule has 3 aliphatic carbocycles. The van der Waals surface area contributed by atoms with Gasteiger partial charge in [-0.05, 0) is 67.1 Å². The maximum Gasteiger partial charge on any atom is 0.321 e. The number of fused-ring (bicyclic) bond motifs is 2. The molecule has 148 valence electrons. The smallest absolute Gasteiger partial charge is 0.321 e. The molecule has 5 rings (SSSR count). The average Bonchev–Trinajstić information content (AvgIpc) is 3.01. The van der Waals surface area contributed by atoms with Gasteiger partial charge in [0.25, 0.3) is 5.91 Å². The number of anilines is 1. The van der Waals surface area contributed by atoms with E-state index in [4.69, 9.17) is 0 Å². The second kappa shape index (κ2) is 6.17. The zero-order valence-corrected chi connectivity index (χ0v) is 17.3. The van der Waals surface area contributed by atoms with Crippen molar-refractivity contribution in [1.29, 1.82) is 0 Å². The summed E-state index contributed by atoms with van der Waals surface area (Å²) in [4.78, 5) is 30.9. The van der Waals surface area contributed by atoms with Crippen LogP contribution in [0.1, 0.15) is 43.0 Å². The monoisotopic (exact) mass is 398 g/mol. The SMILES string of the molecule is CC1CC2CC3CC3(C2)C1NC(=O)Nc1nc2ccc(C(=O)N(C)C)cc2s1. The van der Waals surface area contributed by atoms with E-state index in [2.05, 4.69) is 22.5 Å². The van der Waals surface area contributed by atoms with Gasteiger partial charge >= 0.3 is 6.03 Å². The fourth-order valence-corrected chi connectivity index (χ4v) is 6.74. The van der Waals surface area contributed by atoms with Crippen LogP contribution in [0.25, 0.3) is 10.2 Å². The molecule has 2 aromatic rings. The van der Waals surface area contributed by atoms with Crippen molar-refractivity contribution >= 4 is 38.6 Å². The van der Waals surface area contributed by atoms with Crippen LogP contribution in [0.15, 0.2) is 18.2 Å². The van der Waals surface area contributed by atoms with Gasteiger partial charge in [0.05, 0.1) is 10.2 Å². The highest BCUT2D eigenvalue weighted by molar-refractivity contribution is 7.22. The molecule has 1 heterocycles. The summed E-state index contributed by atoms with van der Waals surface area (Å²) in [6, 6.07) is 5.57. The van der Waals surface area contributed by atoms with E-state index in [0.29, 0.717) is 22.0 Å². The summed E-state index contributed by atoms with van der Waals surface area (Å²) in [5, 5.41) is 6.77. The van der Waals surface area contributed by atoms with Crippen LogP contribution in [0, 0.1) is 23.2 Å². The van der Waals surface area contributed by atoms with Crippen molar-refractivity contribution in [3.05, 3.63) is 23.8 Å². The fraction of sp³-hybridized carbons (Fsp3) is 0.571. The van der Waals surface area contributed by atoms with Crippen LogP contribution in [0.4, 0.5) is 9.93 Å². The third-order valence-electron chi connectivity index (χ3n) is 7.01. The number of amides is 3. The molecule has 3 saturated carbocycles. The third kappa shape index (κ3) is 2.79. The summed E-state index contributed by atoms with van der Waals surface area (Å²) in [7, 11) is 3.47. The zero-order valence-electron chi connectivity index (χ0n) is 16.5. The van der Waals surface area contributed by atoms with Gasteiger partial charge in [-0.3, -0.25) is 10.1 Å². The van der Waals surface area contributed by atoms with Crippen LogP contribution >= 0.6 is 11.3 Å². The lowest BCUT2D eigenvalue weighted by molar-refractivity contribution is 0.0828. The summed E-state index contributed by atoms with van der Waals surface area (Å²) >= 11 is 1.40. The number of nitrogens with one attached hydrogen (secondary N) is 2. The van der Waals surface area contributed by atoms with E-state index in [9.17, 15) is 9.59 Å². The highest BCUT2D eigenvalue weighted by Gasteiger charge is 2.67. The van der Waals surface area contributed by atoms with Crippen LogP contribution in [0.3, 0.4) is 0 Å². The van der Waals surface area contributed by atoms with Crippen molar-refractivity contribution in [3.63, 3.8) is 0 Å². The van der Waals surface area contributed by atoms with E-state index in [0.717, 1.165) is 22.1 Å². The first kappa shape index (κ1) is 17.9. The molecule has 1 spiro atoms. The first-order valence-corrected chi connectivity index (χ1v) is 10.9. The summed E-state index contributed by atoms with van der Waals surface area (Å²) in [5.74, 6) is 2.19. The maximum atomic E-state index is 12.7. The molecular formula is C21H26N4O2S. The van der Waals surface area contributed by atoms with Crippen molar-refractivity contribution in [2.75, 3.05) is 19.4 Å². The number of hydrogen-bond acceptors (Lipinski definition) is 4. The predicted molar refractivity (Wildman–Crippen MR) is 111 cm³/mol. The summed E-state index contributed by atoms with van der Waals surface area (Å²) in [6.07, 6.45) is 5.16. The molecule has 2 N–H and O–H groups in total. The normalized spacial score (nSPS) is 32.7. The first-order valence-electron chi connectivity index (χ1n) is 10.1. The summed E-state index contributed by atoms with van der Waals surface area (Å²) in [6.45, 7) is 2.28. The number of thiazole rings is 1. The number of nitrogens with zero attached hydrogens (tertiary/aromatic N) is 2. The first-order chi connectivity index (χ1) is 13.4. The van der Waals surface area contributed by atoms with E-state index in [-0.39, 0.29) is 18.0 Å². The van der Waals surface area contributed by atoms with Gasteiger partial charge in [0.2, 0.25) is 0 Å². The molecule has 2 bridgehead atoms. The molecule has 1 aromatic heterocycles. The third-order valence-corrected chi connectivity index (χ3v) is 7.94. The van der Waals surface area contributed by atoms with E-state index >= 15 is 0 Å². The van der Waals surface area contributed by atoms with Crippen LogP contribution in [0.2, 0.25) is 0 Å². The van der Waals surface area contributed by atoms with E-state index in [1.807, 2.05) is 12.1 Å². The van der Waals surface area contributed by atoms with Crippen molar-refractivity contribution in [2.24, 2.45) is 23.2 Å². The van der Waals surface area contributed by atoms with Gasteiger partial charge in [-0.2, -0.15) is 0 Å². The maximum absolute atomic E-state index is 12.7. The molecule has 3 fully saturated rings. The fourth-order valence-electron chi connectivity index (χ4n) is 5.84. The summed E-state index contributed by atoms with van der Waals surface area (Å²) < 4.78 is 0.897. The molecule has 28 heavy (non-hydrogen) atoms. The highest BCUT2D eigenvalue weighted by atomic mass is 32.1. The lowest BCUT2D eigenvalue weighted by Crippen LogP contribution is -2.49. The summed E-state index contributed by atoms with van der Waals surface area (Å²) in [5.41, 5.74) is 1.79. The molecule has 0 saturated heterocycles. The number of aromatic nitrogens is 1. The molecule has 3 amide bonds. The number of carbonyl (C=O) groups is 2. The average molecular weight is 399 g/mol. The minimum atomic E-state index is -0.161.